The fourth-order valence-corrected chi connectivity index (χ4v) is 1.45. The van der Waals surface area contributed by atoms with Crippen molar-refractivity contribution in [3.05, 3.63) is 35.8 Å². The van der Waals surface area contributed by atoms with E-state index in [2.05, 4.69) is 54.4 Å². The zero-order chi connectivity index (χ0) is 8.72. The van der Waals surface area contributed by atoms with Gasteiger partial charge in [-0.05, 0) is 18.6 Å². The molecule has 0 spiro atoms. The van der Waals surface area contributed by atoms with E-state index in [1.807, 2.05) is 0 Å². The van der Waals surface area contributed by atoms with Gasteiger partial charge in [-0.3, -0.25) is 0 Å². The molecule has 0 aliphatic heterocycles. The van der Waals surface area contributed by atoms with Gasteiger partial charge in [0.25, 0.3) is 5.65 Å². The minimum Gasteiger partial charge on any atom is -0.230 e. The van der Waals surface area contributed by atoms with Crippen LogP contribution in [-0.2, 0) is 7.05 Å². The second-order valence-corrected chi connectivity index (χ2v) is 3.30. The van der Waals surface area contributed by atoms with E-state index in [-0.39, 0.29) is 0 Å². The zero-order valence-corrected chi connectivity index (χ0v) is 7.70. The third-order valence-corrected chi connectivity index (χ3v) is 2.32. The van der Waals surface area contributed by atoms with Crippen LogP contribution < -0.4 is 4.40 Å². The second kappa shape index (κ2) is 2.34. The molecule has 2 nitrogen and oxygen atoms in total. The highest BCUT2D eigenvalue weighted by molar-refractivity contribution is 5.35. The largest absolute Gasteiger partial charge is 0.286 e. The maximum atomic E-state index is 2.19. The predicted octanol–water partition coefficient (Wildman–Crippen LogP) is 1.38. The number of rotatable bonds is 0. The fraction of sp³-hybridized carbons (Fsp3) is 0.300. The summed E-state index contributed by atoms with van der Waals surface area (Å²) in [5.41, 5.74) is 3.82. The Hall–Kier alpha value is -1.31. The minimum absolute atomic E-state index is 1.24. The standard InChI is InChI=1S/C10H13N2/c1-8-4-5-12-7-9(2)11(3)10(12)6-8/h4-7H,1-3H3/q+1. The van der Waals surface area contributed by atoms with E-state index < -0.39 is 0 Å². The average molecular weight is 161 g/mol. The van der Waals surface area contributed by atoms with Gasteiger partial charge in [-0.15, -0.1) is 0 Å². The lowest BCUT2D eigenvalue weighted by atomic mass is 10.3. The van der Waals surface area contributed by atoms with Gasteiger partial charge in [-0.2, -0.15) is 0 Å². The highest BCUT2D eigenvalue weighted by atomic mass is 15.1. The molecule has 0 bridgehead atoms. The lowest BCUT2D eigenvalue weighted by Crippen LogP contribution is -2.18. The van der Waals surface area contributed by atoms with Crippen LogP contribution in [0.2, 0.25) is 0 Å². The molecule has 2 heterocycles. The molecular weight excluding hydrogens is 148 g/mol. The summed E-state index contributed by atoms with van der Waals surface area (Å²) < 4.78 is 4.33. The summed E-state index contributed by atoms with van der Waals surface area (Å²) >= 11 is 0. The van der Waals surface area contributed by atoms with Gasteiger partial charge < -0.3 is 0 Å². The van der Waals surface area contributed by atoms with Crippen molar-refractivity contribution in [2.24, 2.45) is 7.05 Å². The third-order valence-electron chi connectivity index (χ3n) is 2.32. The van der Waals surface area contributed by atoms with Crippen LogP contribution in [0.15, 0.2) is 24.5 Å². The summed E-state index contributed by atoms with van der Waals surface area (Å²) in [6.07, 6.45) is 4.23. The number of aryl methyl sites for hydroxylation is 3. The van der Waals surface area contributed by atoms with Crippen LogP contribution in [0.3, 0.4) is 0 Å². The smallest absolute Gasteiger partial charge is 0.230 e. The third kappa shape index (κ3) is 0.916. The normalized spacial score (nSPS) is 10.9. The van der Waals surface area contributed by atoms with E-state index in [1.54, 1.807) is 0 Å². The summed E-state index contributed by atoms with van der Waals surface area (Å²) in [6, 6.07) is 4.30. The zero-order valence-electron chi connectivity index (χ0n) is 7.70. The first-order chi connectivity index (χ1) is 5.68. The molecule has 0 saturated heterocycles. The van der Waals surface area contributed by atoms with Gasteiger partial charge in [0, 0.05) is 13.0 Å². The molecule has 2 aromatic rings. The first-order valence-corrected chi connectivity index (χ1v) is 4.12. The summed E-state index contributed by atoms with van der Waals surface area (Å²) in [4.78, 5) is 0. The van der Waals surface area contributed by atoms with E-state index >= 15 is 0 Å². The van der Waals surface area contributed by atoms with Gasteiger partial charge in [-0.1, -0.05) is 0 Å². The Labute approximate surface area is 72.1 Å². The molecule has 2 aromatic heterocycles. The molecular formula is C10H13N2+. The lowest BCUT2D eigenvalue weighted by molar-refractivity contribution is -0.510. The van der Waals surface area contributed by atoms with Gasteiger partial charge in [0.15, 0.2) is 0 Å². The molecule has 0 amide bonds. The predicted molar refractivity (Wildman–Crippen MR) is 48.0 cm³/mol. The molecule has 62 valence electrons. The summed E-state index contributed by atoms with van der Waals surface area (Å²) in [6.45, 7) is 4.23. The molecule has 2 rings (SSSR count). The Kier molecular flexibility index (Phi) is 1.43. The average Bonchev–Trinajstić information content (AvgIpc) is 2.31. The van der Waals surface area contributed by atoms with Crippen molar-refractivity contribution >= 4 is 5.65 Å². The van der Waals surface area contributed by atoms with Crippen LogP contribution >= 0.6 is 0 Å². The van der Waals surface area contributed by atoms with Gasteiger partial charge in [0.1, 0.15) is 11.9 Å². The Morgan fingerprint density at radius 1 is 1.33 bits per heavy atom. The van der Waals surface area contributed by atoms with Gasteiger partial charge in [0.2, 0.25) is 0 Å². The van der Waals surface area contributed by atoms with Crippen LogP contribution in [0.5, 0.6) is 0 Å². The van der Waals surface area contributed by atoms with E-state index in [0.717, 1.165) is 0 Å². The number of fused-ring (bicyclic) bond motifs is 1. The SMILES string of the molecule is Cc1cc[n+]2cc(C)n(C)c2c1. The van der Waals surface area contributed by atoms with Crippen LogP contribution in [0.25, 0.3) is 5.65 Å². The summed E-state index contributed by atoms with van der Waals surface area (Å²) in [5.74, 6) is 0. The fourth-order valence-electron chi connectivity index (χ4n) is 1.45. The van der Waals surface area contributed by atoms with Crippen molar-refractivity contribution in [3.8, 4) is 0 Å². The monoisotopic (exact) mass is 161 g/mol. The molecule has 0 atom stereocenters. The molecule has 0 aliphatic carbocycles. The van der Waals surface area contributed by atoms with Crippen molar-refractivity contribution in [2.45, 2.75) is 13.8 Å². The van der Waals surface area contributed by atoms with Crippen LogP contribution in [0.4, 0.5) is 0 Å². The van der Waals surface area contributed by atoms with Gasteiger partial charge in [0.05, 0.1) is 13.2 Å². The topological polar surface area (TPSA) is 9.03 Å². The summed E-state index contributed by atoms with van der Waals surface area (Å²) in [7, 11) is 2.09. The number of nitrogens with zero attached hydrogens (tertiary/aromatic N) is 2. The molecule has 0 aromatic carbocycles. The van der Waals surface area contributed by atoms with Crippen molar-refractivity contribution in [1.82, 2.24) is 4.57 Å². The highest BCUT2D eigenvalue weighted by Gasteiger charge is 2.08. The molecule has 12 heavy (non-hydrogen) atoms. The first-order valence-electron chi connectivity index (χ1n) is 4.12. The first kappa shape index (κ1) is 7.35. The quantitative estimate of drug-likeness (QED) is 0.516. The number of aromatic nitrogens is 2. The van der Waals surface area contributed by atoms with Crippen LogP contribution in [0.1, 0.15) is 11.3 Å². The van der Waals surface area contributed by atoms with Gasteiger partial charge >= 0.3 is 0 Å². The van der Waals surface area contributed by atoms with Crippen molar-refractivity contribution in [2.75, 3.05) is 0 Å². The molecule has 0 aliphatic rings. The van der Waals surface area contributed by atoms with Crippen LogP contribution in [-0.4, -0.2) is 4.57 Å². The Morgan fingerprint density at radius 2 is 2.08 bits per heavy atom. The molecule has 0 radical (unpaired) electrons. The van der Waals surface area contributed by atoms with E-state index in [0.29, 0.717) is 0 Å². The van der Waals surface area contributed by atoms with Crippen molar-refractivity contribution in [1.29, 1.82) is 0 Å². The maximum absolute atomic E-state index is 2.19. The molecule has 2 heteroatoms. The number of imidazole rings is 1. The van der Waals surface area contributed by atoms with E-state index in [4.69, 9.17) is 0 Å². The number of pyridine rings is 1. The molecule has 0 N–H and O–H groups in total. The molecule has 0 saturated carbocycles. The van der Waals surface area contributed by atoms with Gasteiger partial charge in [-0.25, -0.2) is 8.97 Å². The Morgan fingerprint density at radius 3 is 2.83 bits per heavy atom. The second-order valence-electron chi connectivity index (χ2n) is 3.30. The Balaban J connectivity index is 2.88. The van der Waals surface area contributed by atoms with Crippen molar-refractivity contribution < 1.29 is 4.40 Å². The number of hydrogen-bond donors (Lipinski definition) is 0. The van der Waals surface area contributed by atoms with Crippen molar-refractivity contribution in [3.63, 3.8) is 0 Å². The number of hydrogen-bond acceptors (Lipinski definition) is 0. The van der Waals surface area contributed by atoms with E-state index in [1.165, 1.54) is 16.9 Å². The Bertz CT molecular complexity index is 427. The maximum Gasteiger partial charge on any atom is 0.286 e. The lowest BCUT2D eigenvalue weighted by Gasteiger charge is -1.90. The summed E-state index contributed by atoms with van der Waals surface area (Å²) in [5, 5.41) is 0. The van der Waals surface area contributed by atoms with E-state index in [9.17, 15) is 0 Å². The molecule has 0 fully saturated rings. The molecule has 0 unspecified atom stereocenters. The minimum atomic E-state index is 1.24. The highest BCUT2D eigenvalue weighted by Crippen LogP contribution is 2.03. The van der Waals surface area contributed by atoms with Crippen LogP contribution in [0, 0.1) is 13.8 Å².